The van der Waals surface area contributed by atoms with Gasteiger partial charge in [-0.05, 0) is 124 Å². The van der Waals surface area contributed by atoms with Crippen molar-refractivity contribution in [2.24, 2.45) is 23.7 Å². The van der Waals surface area contributed by atoms with Crippen LogP contribution in [0.4, 0.5) is 17.6 Å². The van der Waals surface area contributed by atoms with E-state index in [0.717, 1.165) is 199 Å². The van der Waals surface area contributed by atoms with Crippen molar-refractivity contribution in [3.05, 3.63) is 126 Å². The lowest BCUT2D eigenvalue weighted by molar-refractivity contribution is 0.0624. The topological polar surface area (TPSA) is 40.6 Å². The Kier molecular flexibility index (Phi) is 22.8. The smallest absolute Gasteiger partial charge is 0.263 e. The number of thiocarbonyl (C=S) groups is 2. The van der Waals surface area contributed by atoms with Gasteiger partial charge in [0.05, 0.1) is 25.8 Å². The largest absolute Gasteiger partial charge is 0.322 e. The molecule has 18 heteroatoms. The molecule has 4 atom stereocenters. The fourth-order valence-electron chi connectivity index (χ4n) is 14.1. The molecule has 506 valence electrons. The summed E-state index contributed by atoms with van der Waals surface area (Å²) >= 11 is 25.5. The summed E-state index contributed by atoms with van der Waals surface area (Å²) in [5, 5.41) is 2.04. The SMILES string of the molecule is CCCCC(CC)Cc1sc(-c2c3cc(-c4sc(-c5ccc(-c6cc(F)c(-c7ccc(-c8sc(C)c9c8C(=O)N(CC(CC)CCCC)C9=O)s7)cc6F)s5)c5c4C(=S)N(CC(CC)CCCC)C5=S)sc3c(-c3cc(F)c(CC(CC)CCCC)s3)c3cc(C)sc23)cc1F. The molecule has 0 spiro atoms. The lowest BCUT2D eigenvalue weighted by Crippen LogP contribution is -2.34. The van der Waals surface area contributed by atoms with E-state index in [4.69, 9.17) is 24.4 Å². The van der Waals surface area contributed by atoms with E-state index in [0.29, 0.717) is 79.4 Å². The molecule has 10 aromatic rings. The van der Waals surface area contributed by atoms with E-state index in [1.54, 1.807) is 74.9 Å². The van der Waals surface area contributed by atoms with E-state index >= 15 is 17.6 Å². The van der Waals surface area contributed by atoms with Gasteiger partial charge in [-0.25, -0.2) is 17.6 Å². The molecule has 0 radical (unpaired) electrons. The van der Waals surface area contributed by atoms with E-state index in [9.17, 15) is 9.59 Å². The molecule has 4 unspecified atom stereocenters. The number of thiophene rings is 8. The third-order valence-corrected chi connectivity index (χ3v) is 30.3. The molecule has 2 amide bonds. The Morgan fingerprint density at radius 3 is 1.29 bits per heavy atom. The first-order chi connectivity index (χ1) is 46.4. The summed E-state index contributed by atoms with van der Waals surface area (Å²) in [6.07, 6.45) is 18.0. The van der Waals surface area contributed by atoms with Gasteiger partial charge in [0.25, 0.3) is 11.8 Å². The number of fused-ring (bicyclic) bond motifs is 4. The molecule has 2 aliphatic rings. The van der Waals surface area contributed by atoms with Crippen LogP contribution in [0.25, 0.3) is 91.2 Å². The van der Waals surface area contributed by atoms with Gasteiger partial charge in [0, 0.05) is 120 Å². The van der Waals surface area contributed by atoms with Crippen LogP contribution in [-0.2, 0) is 12.8 Å². The Bertz CT molecular complexity index is 4440. The molecular formula is C78H84F4N2O2S10. The summed E-state index contributed by atoms with van der Waals surface area (Å²) in [5.74, 6) is -0.669. The highest BCUT2D eigenvalue weighted by molar-refractivity contribution is 7.83. The highest BCUT2D eigenvalue weighted by atomic mass is 32.1. The Hall–Kier alpha value is -4.60. The second-order valence-electron chi connectivity index (χ2n) is 26.4. The molecule has 12 rings (SSSR count). The molecule has 0 aliphatic carbocycles. The predicted molar refractivity (Wildman–Crippen MR) is 418 cm³/mol. The van der Waals surface area contributed by atoms with Crippen LogP contribution < -0.4 is 0 Å². The molecule has 2 aliphatic heterocycles. The summed E-state index contributed by atoms with van der Waals surface area (Å²) in [5.41, 5.74) is 4.88. The molecule has 0 fully saturated rings. The minimum atomic E-state index is -0.580. The van der Waals surface area contributed by atoms with Crippen molar-refractivity contribution < 1.29 is 27.2 Å². The van der Waals surface area contributed by atoms with E-state index in [1.807, 2.05) is 25.1 Å². The molecular weight excluding hydrogens is 1390 g/mol. The van der Waals surface area contributed by atoms with Crippen molar-refractivity contribution in [3.8, 4) is 71.0 Å². The Morgan fingerprint density at radius 1 is 0.396 bits per heavy atom. The van der Waals surface area contributed by atoms with Crippen molar-refractivity contribution in [1.29, 1.82) is 0 Å². The molecule has 0 bridgehead atoms. The lowest BCUT2D eigenvalue weighted by Gasteiger charge is -2.25. The van der Waals surface area contributed by atoms with Gasteiger partial charge in [-0.2, -0.15) is 0 Å². The number of carbonyl (C=O) groups is 2. The molecule has 0 saturated heterocycles. The molecule has 8 aromatic heterocycles. The van der Waals surface area contributed by atoms with Crippen molar-refractivity contribution in [2.75, 3.05) is 13.1 Å². The van der Waals surface area contributed by atoms with Gasteiger partial charge in [-0.15, -0.1) is 90.7 Å². The first-order valence-electron chi connectivity index (χ1n) is 34.7. The monoisotopic (exact) mass is 1480 g/mol. The number of unbranched alkanes of at least 4 members (excludes halogenated alkanes) is 4. The number of carbonyl (C=O) groups excluding carboxylic acids is 2. The van der Waals surface area contributed by atoms with Crippen LogP contribution in [0.1, 0.15) is 209 Å². The van der Waals surface area contributed by atoms with Crippen molar-refractivity contribution in [2.45, 2.75) is 185 Å². The summed E-state index contributed by atoms with van der Waals surface area (Å²) in [4.78, 5) is 44.3. The van der Waals surface area contributed by atoms with Gasteiger partial charge >= 0.3 is 0 Å². The number of benzene rings is 2. The Morgan fingerprint density at radius 2 is 0.812 bits per heavy atom. The molecule has 4 nitrogen and oxygen atoms in total. The van der Waals surface area contributed by atoms with E-state index in [1.165, 1.54) is 51.0 Å². The molecule has 0 saturated carbocycles. The maximum atomic E-state index is 17.0. The van der Waals surface area contributed by atoms with Crippen molar-refractivity contribution in [3.63, 3.8) is 0 Å². The number of halogens is 4. The first-order valence-corrected chi connectivity index (χ1v) is 42.0. The van der Waals surface area contributed by atoms with Crippen LogP contribution in [0.3, 0.4) is 0 Å². The Balaban J connectivity index is 0.957. The second kappa shape index (κ2) is 30.7. The summed E-state index contributed by atoms with van der Waals surface area (Å²) in [6.45, 7) is 22.6. The van der Waals surface area contributed by atoms with Crippen LogP contribution in [0, 0.1) is 60.8 Å². The maximum Gasteiger partial charge on any atom is 0.263 e. The molecule has 0 N–H and O–H groups in total. The molecule has 96 heavy (non-hydrogen) atoms. The quantitative estimate of drug-likeness (QED) is 0.0246. The number of hydrogen-bond acceptors (Lipinski definition) is 12. The highest BCUT2D eigenvalue weighted by Gasteiger charge is 2.43. The number of nitrogens with zero attached hydrogens (tertiary/aromatic N) is 2. The van der Waals surface area contributed by atoms with Gasteiger partial charge in [-0.1, -0.05) is 170 Å². The zero-order valence-corrected chi connectivity index (χ0v) is 64.7. The van der Waals surface area contributed by atoms with Crippen LogP contribution >= 0.6 is 115 Å². The maximum absolute atomic E-state index is 17.0. The second-order valence-corrected chi connectivity index (χ2v) is 36.1. The molecule has 10 heterocycles. The minimum Gasteiger partial charge on any atom is -0.322 e. The van der Waals surface area contributed by atoms with Crippen molar-refractivity contribution >= 4 is 157 Å². The fourth-order valence-corrected chi connectivity index (χ4v) is 24.8. The van der Waals surface area contributed by atoms with Crippen LogP contribution in [0.15, 0.2) is 60.7 Å². The first kappa shape index (κ1) is 71.2. The number of amides is 2. The fraction of sp³-hybridized carbons (Fsp3) is 0.436. The van der Waals surface area contributed by atoms with Crippen LogP contribution in [-0.4, -0.2) is 44.7 Å². The summed E-state index contributed by atoms with van der Waals surface area (Å²) < 4.78 is 69.4. The number of aryl methyl sites for hydroxylation is 2. The zero-order chi connectivity index (χ0) is 68.0. The Labute approximate surface area is 606 Å². The third-order valence-electron chi connectivity index (χ3n) is 19.9. The standard InChI is InChI=1S/C78H84F4N2O2S10/c1-11-19-23-43(15-5)32-59-53(81)37-61(93-59)65-49-31-41(9)89-70(49)66(62-38-54(82)60(94-62)33-44(16-6)24-20-12-2)50-36-63(95-71(50)65)74-69-68(77(87)84(78(69)88)40-46(18-8)26-22-14-4)73(96-74)58-30-28-56(92-58)48-35-51(79)47(34-52(48)80)55-27-29-57(91-55)72-67-64(42(10)90-72)75(85)83(76(67)86)39-45(17-7)25-21-13-3/h27-31,34-38,43-46H,11-26,32-33,39-40H2,1-10H3. The normalized spacial score (nSPS) is 14.6. The van der Waals surface area contributed by atoms with Crippen molar-refractivity contribution in [1.82, 2.24) is 9.80 Å². The van der Waals surface area contributed by atoms with E-state index in [2.05, 4.69) is 79.3 Å². The van der Waals surface area contributed by atoms with Gasteiger partial charge in [0.15, 0.2) is 0 Å². The van der Waals surface area contributed by atoms with Gasteiger partial charge < -0.3 is 4.90 Å². The summed E-state index contributed by atoms with van der Waals surface area (Å²) in [6, 6.07) is 18.1. The number of hydrogen-bond donors (Lipinski definition) is 0. The third kappa shape index (κ3) is 13.8. The van der Waals surface area contributed by atoms with E-state index in [-0.39, 0.29) is 40.5 Å². The van der Waals surface area contributed by atoms with Crippen LogP contribution in [0.2, 0.25) is 0 Å². The minimum absolute atomic E-state index is 0.114. The van der Waals surface area contributed by atoms with Crippen LogP contribution in [0.5, 0.6) is 0 Å². The number of rotatable bonds is 31. The highest BCUT2D eigenvalue weighted by Crippen LogP contribution is 2.58. The van der Waals surface area contributed by atoms with Gasteiger partial charge in [0.1, 0.15) is 33.2 Å². The lowest BCUT2D eigenvalue weighted by atomic mass is 9.95. The van der Waals surface area contributed by atoms with Gasteiger partial charge in [-0.3, -0.25) is 14.5 Å². The average Bonchev–Trinajstić information content (AvgIpc) is 1.55. The molecule has 2 aromatic carbocycles. The summed E-state index contributed by atoms with van der Waals surface area (Å²) in [7, 11) is 0. The predicted octanol–water partition coefficient (Wildman–Crippen LogP) is 27.5. The van der Waals surface area contributed by atoms with E-state index < -0.39 is 11.6 Å². The zero-order valence-electron chi connectivity index (χ0n) is 56.5. The van der Waals surface area contributed by atoms with Gasteiger partial charge in [0.2, 0.25) is 0 Å². The average molecular weight is 1480 g/mol. The number of imide groups is 1.